The van der Waals surface area contributed by atoms with Gasteiger partial charge in [0.1, 0.15) is 17.5 Å². The fourth-order valence-corrected chi connectivity index (χ4v) is 2.15. The molecular formula is C17H23NO5. The van der Waals surface area contributed by atoms with E-state index in [2.05, 4.69) is 5.32 Å². The molecule has 0 aliphatic heterocycles. The average molecular weight is 321 g/mol. The van der Waals surface area contributed by atoms with Crippen molar-refractivity contribution in [1.29, 1.82) is 0 Å². The van der Waals surface area contributed by atoms with Crippen LogP contribution in [0.3, 0.4) is 0 Å². The normalized spacial score (nSPS) is 14.8. The maximum absolute atomic E-state index is 11.8. The van der Waals surface area contributed by atoms with Gasteiger partial charge in [-0.15, -0.1) is 0 Å². The molecule has 0 heterocycles. The van der Waals surface area contributed by atoms with E-state index in [9.17, 15) is 9.59 Å². The molecule has 0 radical (unpaired) electrons. The molecule has 1 aliphatic rings. The van der Waals surface area contributed by atoms with Crippen LogP contribution in [0.15, 0.2) is 24.3 Å². The molecule has 126 valence electrons. The van der Waals surface area contributed by atoms with E-state index in [1.807, 2.05) is 6.92 Å². The first kappa shape index (κ1) is 17.1. The quantitative estimate of drug-likeness (QED) is 0.690. The minimum Gasteiger partial charge on any atom is -0.494 e. The van der Waals surface area contributed by atoms with Gasteiger partial charge in [0.15, 0.2) is 6.61 Å². The lowest BCUT2D eigenvalue weighted by Gasteiger charge is -2.14. The maximum atomic E-state index is 11.8. The molecule has 0 bridgehead atoms. The molecule has 1 aromatic rings. The molecule has 23 heavy (non-hydrogen) atoms. The van der Waals surface area contributed by atoms with Crippen LogP contribution < -0.4 is 14.8 Å². The highest BCUT2D eigenvalue weighted by atomic mass is 16.5. The minimum atomic E-state index is -0.998. The van der Waals surface area contributed by atoms with Crippen molar-refractivity contribution in [1.82, 2.24) is 5.32 Å². The van der Waals surface area contributed by atoms with Crippen molar-refractivity contribution < 1.29 is 24.2 Å². The van der Waals surface area contributed by atoms with E-state index in [0.717, 1.165) is 25.0 Å². The van der Waals surface area contributed by atoms with Crippen LogP contribution in [0.2, 0.25) is 0 Å². The number of carbonyl (C=O) groups is 2. The largest absolute Gasteiger partial charge is 0.494 e. The summed E-state index contributed by atoms with van der Waals surface area (Å²) in [4.78, 5) is 22.9. The van der Waals surface area contributed by atoms with Gasteiger partial charge < -0.3 is 19.9 Å². The van der Waals surface area contributed by atoms with Crippen LogP contribution in [0.5, 0.6) is 11.5 Å². The molecule has 0 spiro atoms. The molecule has 1 saturated carbocycles. The number of aliphatic carboxylic acids is 1. The van der Waals surface area contributed by atoms with E-state index >= 15 is 0 Å². The van der Waals surface area contributed by atoms with Gasteiger partial charge in [-0.1, -0.05) is 19.8 Å². The van der Waals surface area contributed by atoms with Gasteiger partial charge in [-0.2, -0.15) is 0 Å². The van der Waals surface area contributed by atoms with E-state index in [-0.39, 0.29) is 6.61 Å². The Morgan fingerprint density at radius 2 is 1.83 bits per heavy atom. The lowest BCUT2D eigenvalue weighted by Crippen LogP contribution is -2.43. The lowest BCUT2D eigenvalue weighted by molar-refractivity contribution is -0.142. The molecule has 6 heteroatoms. The minimum absolute atomic E-state index is 0.205. The van der Waals surface area contributed by atoms with Crippen LogP contribution in [-0.2, 0) is 9.59 Å². The number of carboxylic acids is 1. The number of ether oxygens (including phenoxy) is 2. The molecule has 1 unspecified atom stereocenters. The third-order valence-corrected chi connectivity index (χ3v) is 3.57. The number of hydrogen-bond donors (Lipinski definition) is 2. The first-order chi connectivity index (χ1) is 11.1. The fraction of sp³-hybridized carbons (Fsp3) is 0.529. The second-order valence-corrected chi connectivity index (χ2v) is 5.75. The Hall–Kier alpha value is -2.24. The molecular weight excluding hydrogens is 298 g/mol. The first-order valence-corrected chi connectivity index (χ1v) is 7.96. The zero-order chi connectivity index (χ0) is 16.7. The molecule has 1 aromatic carbocycles. The summed E-state index contributed by atoms with van der Waals surface area (Å²) in [6, 6.07) is 6.16. The number of carbonyl (C=O) groups excluding carboxylic acids is 1. The maximum Gasteiger partial charge on any atom is 0.326 e. The van der Waals surface area contributed by atoms with Gasteiger partial charge >= 0.3 is 5.97 Å². The Morgan fingerprint density at radius 3 is 2.35 bits per heavy atom. The van der Waals surface area contributed by atoms with Gasteiger partial charge in [-0.25, -0.2) is 4.79 Å². The van der Waals surface area contributed by atoms with Gasteiger partial charge in [0, 0.05) is 0 Å². The van der Waals surface area contributed by atoms with E-state index < -0.39 is 17.9 Å². The number of rotatable bonds is 10. The highest BCUT2D eigenvalue weighted by Crippen LogP contribution is 2.33. The fourth-order valence-electron chi connectivity index (χ4n) is 2.15. The van der Waals surface area contributed by atoms with Gasteiger partial charge in [0.25, 0.3) is 5.91 Å². The highest BCUT2D eigenvalue weighted by Gasteiger charge is 2.30. The van der Waals surface area contributed by atoms with E-state index in [1.54, 1.807) is 24.3 Å². The monoisotopic (exact) mass is 321 g/mol. The van der Waals surface area contributed by atoms with Crippen LogP contribution >= 0.6 is 0 Å². The standard InChI is InChI=1S/C17H23NO5/c1-2-9-22-13-5-7-14(8-6-13)23-11-16(19)18-15(17(20)21)10-12-3-4-12/h5-8,12,15H,2-4,9-11H2,1H3,(H,18,19)(H,20,21). The van der Waals surface area contributed by atoms with Crippen LogP contribution in [0.4, 0.5) is 0 Å². The Bertz CT molecular complexity index is 524. The second kappa shape index (κ2) is 8.41. The van der Waals surface area contributed by atoms with Crippen molar-refractivity contribution in [3.63, 3.8) is 0 Å². The summed E-state index contributed by atoms with van der Waals surface area (Å²) in [5, 5.41) is 11.6. The molecule has 2 N–H and O–H groups in total. The van der Waals surface area contributed by atoms with Crippen LogP contribution in [0.25, 0.3) is 0 Å². The molecule has 1 amide bonds. The molecule has 2 rings (SSSR count). The number of benzene rings is 1. The molecule has 6 nitrogen and oxygen atoms in total. The van der Waals surface area contributed by atoms with E-state index in [0.29, 0.717) is 24.7 Å². The number of amides is 1. The first-order valence-electron chi connectivity index (χ1n) is 7.96. The predicted octanol–water partition coefficient (Wildman–Crippen LogP) is 2.22. The molecule has 1 atom stereocenters. The summed E-state index contributed by atoms with van der Waals surface area (Å²) in [6.07, 6.45) is 3.51. The van der Waals surface area contributed by atoms with Crippen molar-refractivity contribution in [3.05, 3.63) is 24.3 Å². The van der Waals surface area contributed by atoms with Crippen LogP contribution in [0.1, 0.15) is 32.6 Å². The summed E-state index contributed by atoms with van der Waals surface area (Å²) in [7, 11) is 0. The summed E-state index contributed by atoms with van der Waals surface area (Å²) < 4.78 is 10.8. The van der Waals surface area contributed by atoms with Crippen LogP contribution in [-0.4, -0.2) is 36.2 Å². The van der Waals surface area contributed by atoms with Gasteiger partial charge in [0.2, 0.25) is 0 Å². The highest BCUT2D eigenvalue weighted by molar-refractivity contribution is 5.84. The second-order valence-electron chi connectivity index (χ2n) is 5.75. The van der Waals surface area contributed by atoms with E-state index in [4.69, 9.17) is 14.6 Å². The van der Waals surface area contributed by atoms with Crippen molar-refractivity contribution in [3.8, 4) is 11.5 Å². The predicted molar refractivity (Wildman–Crippen MR) is 84.6 cm³/mol. The topological polar surface area (TPSA) is 84.9 Å². The molecule has 1 aliphatic carbocycles. The third kappa shape index (κ3) is 6.18. The third-order valence-electron chi connectivity index (χ3n) is 3.57. The molecule has 0 aromatic heterocycles. The van der Waals surface area contributed by atoms with E-state index in [1.165, 1.54) is 0 Å². The van der Waals surface area contributed by atoms with Gasteiger partial charge in [-0.05, 0) is 43.0 Å². The van der Waals surface area contributed by atoms with Gasteiger partial charge in [0.05, 0.1) is 6.61 Å². The molecule has 0 saturated heterocycles. The van der Waals surface area contributed by atoms with Crippen molar-refractivity contribution in [2.24, 2.45) is 5.92 Å². The Morgan fingerprint density at radius 1 is 1.22 bits per heavy atom. The van der Waals surface area contributed by atoms with Crippen LogP contribution in [0, 0.1) is 5.92 Å². The average Bonchev–Trinajstić information content (AvgIpc) is 3.35. The van der Waals surface area contributed by atoms with Crippen molar-refractivity contribution in [2.45, 2.75) is 38.6 Å². The Kier molecular flexibility index (Phi) is 6.26. The lowest BCUT2D eigenvalue weighted by atomic mass is 10.1. The smallest absolute Gasteiger partial charge is 0.326 e. The van der Waals surface area contributed by atoms with Crippen molar-refractivity contribution in [2.75, 3.05) is 13.2 Å². The van der Waals surface area contributed by atoms with Gasteiger partial charge in [-0.3, -0.25) is 4.79 Å². The zero-order valence-corrected chi connectivity index (χ0v) is 13.3. The number of nitrogens with one attached hydrogen (secondary N) is 1. The molecule has 1 fully saturated rings. The summed E-state index contributed by atoms with van der Waals surface area (Å²) in [5.41, 5.74) is 0. The summed E-state index contributed by atoms with van der Waals surface area (Å²) >= 11 is 0. The number of carboxylic acid groups (broad SMARTS) is 1. The zero-order valence-electron chi connectivity index (χ0n) is 13.3. The summed E-state index contributed by atoms with van der Waals surface area (Å²) in [6.45, 7) is 2.48. The SMILES string of the molecule is CCCOc1ccc(OCC(=O)NC(CC2CC2)C(=O)O)cc1. The van der Waals surface area contributed by atoms with Crippen molar-refractivity contribution >= 4 is 11.9 Å². The Labute approximate surface area is 135 Å². The summed E-state index contributed by atoms with van der Waals surface area (Å²) in [5.74, 6) is 0.289. The number of hydrogen-bond acceptors (Lipinski definition) is 4. The Balaban J connectivity index is 1.75.